The van der Waals surface area contributed by atoms with Crippen LogP contribution in [0.15, 0.2) is 36.7 Å². The Hall–Kier alpha value is -1.68. The van der Waals surface area contributed by atoms with Gasteiger partial charge in [-0.25, -0.2) is 0 Å². The van der Waals surface area contributed by atoms with E-state index in [-0.39, 0.29) is 5.41 Å². The summed E-state index contributed by atoms with van der Waals surface area (Å²) in [7, 11) is 0. The first kappa shape index (κ1) is 18.7. The van der Waals surface area contributed by atoms with Gasteiger partial charge in [0.15, 0.2) is 0 Å². The van der Waals surface area contributed by atoms with Gasteiger partial charge in [0.25, 0.3) is 0 Å². The Balaban J connectivity index is 1.28. The van der Waals surface area contributed by atoms with E-state index < -0.39 is 0 Å². The molecule has 0 radical (unpaired) electrons. The van der Waals surface area contributed by atoms with Crippen molar-refractivity contribution in [3.05, 3.63) is 42.2 Å². The molecule has 1 aromatic rings. The molecule has 3 heterocycles. The standard InChI is InChI=1S/C23H33N3O/c1-22(7-3-2-4-8-22)21(27)26-16-11-23(12-17-26)9-14-25(15-10-23)19-20-6-5-13-24-18-20/h2-3,5-6,13,18H,4,7-12,14-17,19H2,1H3. The van der Waals surface area contributed by atoms with Crippen molar-refractivity contribution in [3.63, 3.8) is 0 Å². The molecule has 1 aliphatic carbocycles. The fourth-order valence-electron chi connectivity index (χ4n) is 5.16. The van der Waals surface area contributed by atoms with E-state index in [9.17, 15) is 4.79 Å². The van der Waals surface area contributed by atoms with Crippen LogP contribution >= 0.6 is 0 Å². The summed E-state index contributed by atoms with van der Waals surface area (Å²) in [6, 6.07) is 4.19. The third-order valence-corrected chi connectivity index (χ3v) is 7.27. The molecular formula is C23H33N3O. The van der Waals surface area contributed by atoms with Gasteiger partial charge in [0.2, 0.25) is 5.91 Å². The second-order valence-electron chi connectivity index (χ2n) is 9.20. The number of allylic oxidation sites excluding steroid dienone is 2. The van der Waals surface area contributed by atoms with E-state index in [2.05, 4.69) is 39.9 Å². The van der Waals surface area contributed by atoms with Crippen molar-refractivity contribution >= 4 is 5.91 Å². The summed E-state index contributed by atoms with van der Waals surface area (Å²) in [6.45, 7) is 7.44. The van der Waals surface area contributed by atoms with Crippen molar-refractivity contribution in [2.75, 3.05) is 26.2 Å². The monoisotopic (exact) mass is 367 g/mol. The highest BCUT2D eigenvalue weighted by Crippen LogP contribution is 2.43. The van der Waals surface area contributed by atoms with Gasteiger partial charge in [-0.1, -0.05) is 25.1 Å². The van der Waals surface area contributed by atoms with Gasteiger partial charge in [-0.3, -0.25) is 14.7 Å². The summed E-state index contributed by atoms with van der Waals surface area (Å²) in [5.41, 5.74) is 1.62. The molecule has 1 spiro atoms. The Labute approximate surface area is 163 Å². The van der Waals surface area contributed by atoms with Crippen molar-refractivity contribution < 1.29 is 4.79 Å². The molecule has 146 valence electrons. The Kier molecular flexibility index (Phi) is 5.36. The lowest BCUT2D eigenvalue weighted by atomic mass is 9.70. The Morgan fingerprint density at radius 1 is 1.07 bits per heavy atom. The molecule has 3 aliphatic rings. The molecule has 0 bridgehead atoms. The fraction of sp³-hybridized carbons (Fsp3) is 0.652. The number of hydrogen-bond donors (Lipinski definition) is 0. The van der Waals surface area contributed by atoms with Gasteiger partial charge in [0.05, 0.1) is 5.41 Å². The zero-order chi connectivity index (χ0) is 18.7. The first-order valence-electron chi connectivity index (χ1n) is 10.6. The average molecular weight is 368 g/mol. The molecule has 2 fully saturated rings. The van der Waals surface area contributed by atoms with Gasteiger partial charge < -0.3 is 4.90 Å². The highest BCUT2D eigenvalue weighted by atomic mass is 16.2. The molecule has 0 saturated carbocycles. The van der Waals surface area contributed by atoms with Crippen LogP contribution in [-0.4, -0.2) is 46.9 Å². The summed E-state index contributed by atoms with van der Waals surface area (Å²) in [6.07, 6.45) is 16.1. The van der Waals surface area contributed by atoms with Gasteiger partial charge in [0, 0.05) is 32.0 Å². The van der Waals surface area contributed by atoms with E-state index >= 15 is 0 Å². The van der Waals surface area contributed by atoms with Gasteiger partial charge >= 0.3 is 0 Å². The molecule has 0 N–H and O–H groups in total. The normalized spacial score (nSPS) is 28.4. The van der Waals surface area contributed by atoms with Gasteiger partial charge in [-0.2, -0.15) is 0 Å². The zero-order valence-corrected chi connectivity index (χ0v) is 16.7. The Morgan fingerprint density at radius 3 is 2.44 bits per heavy atom. The lowest BCUT2D eigenvalue weighted by molar-refractivity contribution is -0.144. The zero-order valence-electron chi connectivity index (χ0n) is 16.7. The molecule has 4 heteroatoms. The van der Waals surface area contributed by atoms with Crippen LogP contribution in [-0.2, 0) is 11.3 Å². The summed E-state index contributed by atoms with van der Waals surface area (Å²) < 4.78 is 0. The number of aromatic nitrogens is 1. The number of piperidine rings is 2. The lowest BCUT2D eigenvalue weighted by Gasteiger charge is -2.48. The predicted octanol–water partition coefficient (Wildman–Crippen LogP) is 4.03. The Morgan fingerprint density at radius 2 is 1.81 bits per heavy atom. The maximum Gasteiger partial charge on any atom is 0.228 e. The lowest BCUT2D eigenvalue weighted by Crippen LogP contribution is -2.51. The molecule has 2 aliphatic heterocycles. The Bertz CT molecular complexity index is 668. The molecule has 1 unspecified atom stereocenters. The second kappa shape index (κ2) is 7.75. The van der Waals surface area contributed by atoms with Crippen LogP contribution in [0.3, 0.4) is 0 Å². The number of pyridine rings is 1. The molecule has 4 rings (SSSR count). The predicted molar refractivity (Wildman–Crippen MR) is 108 cm³/mol. The number of nitrogens with zero attached hydrogens (tertiary/aromatic N) is 3. The van der Waals surface area contributed by atoms with Crippen LogP contribution in [0, 0.1) is 10.8 Å². The van der Waals surface area contributed by atoms with Gasteiger partial charge in [-0.15, -0.1) is 0 Å². The molecule has 1 atom stereocenters. The summed E-state index contributed by atoms with van der Waals surface area (Å²) in [5, 5.41) is 0. The highest BCUT2D eigenvalue weighted by molar-refractivity contribution is 5.82. The topological polar surface area (TPSA) is 36.4 Å². The first-order valence-corrected chi connectivity index (χ1v) is 10.6. The largest absolute Gasteiger partial charge is 0.342 e. The number of carbonyl (C=O) groups excluding carboxylic acids is 1. The van der Waals surface area contributed by atoms with Gasteiger partial charge in [0.1, 0.15) is 0 Å². The van der Waals surface area contributed by atoms with Crippen molar-refractivity contribution in [1.29, 1.82) is 0 Å². The quantitative estimate of drug-likeness (QED) is 0.757. The third kappa shape index (κ3) is 4.11. The number of carbonyl (C=O) groups is 1. The minimum Gasteiger partial charge on any atom is -0.342 e. The molecule has 4 nitrogen and oxygen atoms in total. The third-order valence-electron chi connectivity index (χ3n) is 7.27. The van der Waals surface area contributed by atoms with Crippen molar-refractivity contribution in [3.8, 4) is 0 Å². The fourth-order valence-corrected chi connectivity index (χ4v) is 5.16. The molecule has 1 aromatic heterocycles. The summed E-state index contributed by atoms with van der Waals surface area (Å²) in [4.78, 5) is 22.1. The molecule has 2 saturated heterocycles. The van der Waals surface area contributed by atoms with Crippen molar-refractivity contribution in [1.82, 2.24) is 14.8 Å². The summed E-state index contributed by atoms with van der Waals surface area (Å²) in [5.74, 6) is 0.399. The van der Waals surface area contributed by atoms with Crippen LogP contribution in [0.4, 0.5) is 0 Å². The maximum absolute atomic E-state index is 13.1. The number of amides is 1. The van der Waals surface area contributed by atoms with Crippen molar-refractivity contribution in [2.45, 2.75) is 58.4 Å². The molecule has 0 aromatic carbocycles. The first-order chi connectivity index (χ1) is 13.1. The van der Waals surface area contributed by atoms with E-state index in [1.165, 1.54) is 44.3 Å². The number of likely N-dealkylation sites (tertiary alicyclic amines) is 2. The van der Waals surface area contributed by atoms with Crippen LogP contribution in [0.1, 0.15) is 57.4 Å². The van der Waals surface area contributed by atoms with Crippen molar-refractivity contribution in [2.24, 2.45) is 10.8 Å². The summed E-state index contributed by atoms with van der Waals surface area (Å²) >= 11 is 0. The SMILES string of the molecule is CC1(C(=O)N2CCC3(CCN(Cc4cccnc4)CC3)CC2)CC=CCC1. The maximum atomic E-state index is 13.1. The smallest absolute Gasteiger partial charge is 0.228 e. The minimum atomic E-state index is -0.160. The number of rotatable bonds is 3. The average Bonchev–Trinajstić information content (AvgIpc) is 2.71. The second-order valence-corrected chi connectivity index (χ2v) is 9.20. The van der Waals surface area contributed by atoms with Crippen LogP contribution < -0.4 is 0 Å². The van der Waals surface area contributed by atoms with Gasteiger partial charge in [-0.05, 0) is 75.1 Å². The van der Waals surface area contributed by atoms with E-state index in [1.807, 2.05) is 18.5 Å². The van der Waals surface area contributed by atoms with E-state index in [4.69, 9.17) is 0 Å². The van der Waals surface area contributed by atoms with Crippen LogP contribution in [0.5, 0.6) is 0 Å². The molecular weight excluding hydrogens is 334 g/mol. The minimum absolute atomic E-state index is 0.160. The van der Waals surface area contributed by atoms with E-state index in [0.29, 0.717) is 11.3 Å². The highest BCUT2D eigenvalue weighted by Gasteiger charge is 2.42. The van der Waals surface area contributed by atoms with E-state index in [0.717, 1.165) is 38.9 Å². The molecule has 1 amide bonds. The van der Waals surface area contributed by atoms with Crippen LogP contribution in [0.25, 0.3) is 0 Å². The van der Waals surface area contributed by atoms with E-state index in [1.54, 1.807) is 0 Å². The number of hydrogen-bond acceptors (Lipinski definition) is 3. The molecule has 27 heavy (non-hydrogen) atoms. The van der Waals surface area contributed by atoms with Crippen LogP contribution in [0.2, 0.25) is 0 Å².